The number of aromatic nitrogens is 4. The van der Waals surface area contributed by atoms with Gasteiger partial charge in [0.05, 0.1) is 5.69 Å². The van der Waals surface area contributed by atoms with Crippen molar-refractivity contribution in [2.24, 2.45) is 0 Å². The molecule has 2 aromatic rings. The molecule has 0 aliphatic carbocycles. The van der Waals surface area contributed by atoms with Gasteiger partial charge in [-0.1, -0.05) is 70.8 Å². The largest absolute Gasteiger partial charge is 0.481 e. The van der Waals surface area contributed by atoms with E-state index in [2.05, 4.69) is 22.3 Å². The number of hydrogen-bond acceptors (Lipinski definition) is 4. The summed E-state index contributed by atoms with van der Waals surface area (Å²) in [6.45, 7) is 2.23. The topological polar surface area (TPSA) is 80.9 Å². The number of tetrazole rings is 1. The number of carbonyl (C=O) groups is 1. The Morgan fingerprint density at radius 1 is 1.04 bits per heavy atom. The van der Waals surface area contributed by atoms with E-state index >= 15 is 0 Å². The third-order valence-electron chi connectivity index (χ3n) is 4.85. The highest BCUT2D eigenvalue weighted by Crippen LogP contribution is 2.20. The van der Waals surface area contributed by atoms with E-state index in [0.29, 0.717) is 17.7 Å². The van der Waals surface area contributed by atoms with Crippen molar-refractivity contribution in [1.82, 2.24) is 20.2 Å². The molecule has 0 aliphatic heterocycles. The first-order valence-corrected chi connectivity index (χ1v) is 10.4. The Bertz CT molecular complexity index is 733. The summed E-state index contributed by atoms with van der Waals surface area (Å²) in [4.78, 5) is 12.0. The highest BCUT2D eigenvalue weighted by molar-refractivity contribution is 5.68. The second-order valence-electron chi connectivity index (χ2n) is 7.24. The van der Waals surface area contributed by atoms with E-state index in [-0.39, 0.29) is 18.1 Å². The molecular weight excluding hydrogens is 359 g/mol. The van der Waals surface area contributed by atoms with Gasteiger partial charge in [-0.25, -0.2) is 4.39 Å². The molecule has 1 N–H and O–H groups in total. The fourth-order valence-electron chi connectivity index (χ4n) is 3.32. The number of aliphatic carboxylic acids is 1. The van der Waals surface area contributed by atoms with Crippen molar-refractivity contribution in [3.05, 3.63) is 35.4 Å². The van der Waals surface area contributed by atoms with E-state index in [4.69, 9.17) is 5.11 Å². The Hall–Kier alpha value is -2.31. The molecule has 0 spiro atoms. The van der Waals surface area contributed by atoms with Gasteiger partial charge in [0.15, 0.2) is 5.82 Å². The summed E-state index contributed by atoms with van der Waals surface area (Å²) in [7, 11) is 0. The van der Waals surface area contributed by atoms with Gasteiger partial charge in [0.1, 0.15) is 12.2 Å². The minimum absolute atomic E-state index is 0.113. The summed E-state index contributed by atoms with van der Waals surface area (Å²) in [5, 5.41) is 20.5. The van der Waals surface area contributed by atoms with E-state index in [1.54, 1.807) is 12.1 Å². The lowest BCUT2D eigenvalue weighted by atomic mass is 10.0. The van der Waals surface area contributed by atoms with Gasteiger partial charge >= 0.3 is 5.97 Å². The van der Waals surface area contributed by atoms with Crippen molar-refractivity contribution in [2.45, 2.75) is 84.0 Å². The fraction of sp³-hybridized carbons (Fsp3) is 0.619. The molecule has 0 amide bonds. The summed E-state index contributed by atoms with van der Waals surface area (Å²) < 4.78 is 14.3. The van der Waals surface area contributed by atoms with E-state index in [0.717, 1.165) is 12.8 Å². The van der Waals surface area contributed by atoms with Crippen LogP contribution in [-0.4, -0.2) is 31.3 Å². The number of nitrogens with zero attached hydrogens (tertiary/aromatic N) is 4. The molecule has 1 aromatic heterocycles. The van der Waals surface area contributed by atoms with Crippen LogP contribution in [0.2, 0.25) is 0 Å². The first-order chi connectivity index (χ1) is 13.6. The zero-order chi connectivity index (χ0) is 20.2. The second-order valence-corrected chi connectivity index (χ2v) is 7.24. The van der Waals surface area contributed by atoms with Gasteiger partial charge in [0.2, 0.25) is 0 Å². The molecule has 0 atom stereocenters. The number of carboxylic acid groups (broad SMARTS) is 1. The molecule has 0 radical (unpaired) electrons. The Morgan fingerprint density at radius 2 is 1.68 bits per heavy atom. The molecule has 6 nitrogen and oxygen atoms in total. The Labute approximate surface area is 166 Å². The van der Waals surface area contributed by atoms with Gasteiger partial charge < -0.3 is 5.11 Å². The van der Waals surface area contributed by atoms with Crippen molar-refractivity contribution in [3.8, 4) is 5.69 Å². The minimum atomic E-state index is -1.02. The molecule has 1 heterocycles. The second kappa shape index (κ2) is 12.2. The lowest BCUT2D eigenvalue weighted by Crippen LogP contribution is -2.07. The van der Waals surface area contributed by atoms with Gasteiger partial charge in [-0.3, -0.25) is 4.79 Å². The summed E-state index contributed by atoms with van der Waals surface area (Å²) >= 11 is 0. The predicted octanol–water partition coefficient (Wildman–Crippen LogP) is 4.89. The van der Waals surface area contributed by atoms with Crippen LogP contribution in [0.4, 0.5) is 4.39 Å². The van der Waals surface area contributed by atoms with Gasteiger partial charge in [-0.05, 0) is 30.2 Å². The van der Waals surface area contributed by atoms with Gasteiger partial charge in [0, 0.05) is 5.56 Å². The van der Waals surface area contributed by atoms with E-state index < -0.39 is 5.97 Å². The Kier molecular flexibility index (Phi) is 9.59. The molecule has 0 saturated heterocycles. The third kappa shape index (κ3) is 7.37. The van der Waals surface area contributed by atoms with Crippen LogP contribution < -0.4 is 0 Å². The Balaban J connectivity index is 1.80. The van der Waals surface area contributed by atoms with E-state index in [1.165, 1.54) is 62.2 Å². The maximum Gasteiger partial charge on any atom is 0.311 e. The average molecular weight is 391 g/mol. The van der Waals surface area contributed by atoms with Gasteiger partial charge in [-0.2, -0.15) is 0 Å². The van der Waals surface area contributed by atoms with Crippen LogP contribution in [0.1, 0.15) is 82.5 Å². The average Bonchev–Trinajstić information content (AvgIpc) is 3.11. The number of carboxylic acids is 1. The van der Waals surface area contributed by atoms with Gasteiger partial charge in [-0.15, -0.1) is 15.0 Å². The molecule has 28 heavy (non-hydrogen) atoms. The lowest BCUT2D eigenvalue weighted by Gasteiger charge is -2.09. The Morgan fingerprint density at radius 3 is 2.32 bits per heavy atom. The van der Waals surface area contributed by atoms with Crippen LogP contribution in [0, 0.1) is 5.82 Å². The van der Waals surface area contributed by atoms with Crippen LogP contribution in [0.5, 0.6) is 0 Å². The first-order valence-electron chi connectivity index (χ1n) is 10.4. The first kappa shape index (κ1) is 22.0. The van der Waals surface area contributed by atoms with Crippen molar-refractivity contribution in [1.29, 1.82) is 0 Å². The van der Waals surface area contributed by atoms with Crippen LogP contribution in [0.25, 0.3) is 5.69 Å². The SMILES string of the molecule is CCCCCCCCCCCCc1c(F)cccc1-n1nnc(CC(=O)O)n1. The van der Waals surface area contributed by atoms with Crippen molar-refractivity contribution >= 4 is 5.97 Å². The van der Waals surface area contributed by atoms with E-state index in [9.17, 15) is 9.18 Å². The molecule has 0 fully saturated rings. The number of halogens is 1. The standard InChI is InChI=1S/C21H31FN4O2/c1-2-3-4-5-6-7-8-9-10-11-13-17-18(22)14-12-15-19(17)26-24-20(23-25-26)16-21(27)28/h12,14-15H,2-11,13,16H2,1H3,(H,27,28). The molecule has 7 heteroatoms. The number of benzene rings is 1. The van der Waals surface area contributed by atoms with Crippen LogP contribution in [0.15, 0.2) is 18.2 Å². The summed E-state index contributed by atoms with van der Waals surface area (Å²) in [5.41, 5.74) is 1.08. The molecule has 0 bridgehead atoms. The number of unbranched alkanes of at least 4 members (excludes halogenated alkanes) is 9. The molecule has 1 aromatic carbocycles. The molecule has 0 saturated carbocycles. The fourth-order valence-corrected chi connectivity index (χ4v) is 3.32. The number of rotatable bonds is 14. The lowest BCUT2D eigenvalue weighted by molar-refractivity contribution is -0.136. The third-order valence-corrected chi connectivity index (χ3v) is 4.85. The van der Waals surface area contributed by atoms with Crippen LogP contribution >= 0.6 is 0 Å². The molecular formula is C21H31FN4O2. The predicted molar refractivity (Wildman–Crippen MR) is 106 cm³/mol. The summed E-state index contributed by atoms with van der Waals surface area (Å²) in [6.07, 6.45) is 12.6. The maximum atomic E-state index is 14.3. The van der Waals surface area contributed by atoms with Crippen molar-refractivity contribution in [3.63, 3.8) is 0 Å². The highest BCUT2D eigenvalue weighted by atomic mass is 19.1. The van der Waals surface area contributed by atoms with Crippen molar-refractivity contribution < 1.29 is 14.3 Å². The maximum absolute atomic E-state index is 14.3. The highest BCUT2D eigenvalue weighted by Gasteiger charge is 2.14. The molecule has 154 valence electrons. The summed E-state index contributed by atoms with van der Waals surface area (Å²) in [6, 6.07) is 4.78. The van der Waals surface area contributed by atoms with Crippen LogP contribution in [-0.2, 0) is 17.6 Å². The minimum Gasteiger partial charge on any atom is -0.481 e. The zero-order valence-corrected chi connectivity index (χ0v) is 16.7. The van der Waals surface area contributed by atoms with Crippen molar-refractivity contribution in [2.75, 3.05) is 0 Å². The molecule has 0 aliphatic rings. The van der Waals surface area contributed by atoms with E-state index in [1.807, 2.05) is 0 Å². The molecule has 0 unspecified atom stereocenters. The monoisotopic (exact) mass is 390 g/mol. The number of hydrogen-bond donors (Lipinski definition) is 1. The zero-order valence-electron chi connectivity index (χ0n) is 16.7. The van der Waals surface area contributed by atoms with Crippen LogP contribution in [0.3, 0.4) is 0 Å². The molecule has 2 rings (SSSR count). The quantitative estimate of drug-likeness (QED) is 0.464. The smallest absolute Gasteiger partial charge is 0.311 e. The normalized spacial score (nSPS) is 11.1. The summed E-state index contributed by atoms with van der Waals surface area (Å²) in [5.74, 6) is -1.20. The van der Waals surface area contributed by atoms with Gasteiger partial charge in [0.25, 0.3) is 0 Å².